The molecule has 0 bridgehead atoms. The van der Waals surface area contributed by atoms with Gasteiger partial charge in [-0.2, -0.15) is 10.2 Å². The molecule has 3 atom stereocenters. The van der Waals surface area contributed by atoms with E-state index in [0.717, 1.165) is 28.8 Å². The van der Waals surface area contributed by atoms with Gasteiger partial charge in [0.25, 0.3) is 11.8 Å². The van der Waals surface area contributed by atoms with Gasteiger partial charge in [0, 0.05) is 42.2 Å². The van der Waals surface area contributed by atoms with E-state index in [0.29, 0.717) is 22.7 Å². The minimum Gasteiger partial charge on any atom is -0.496 e. The third-order valence-corrected chi connectivity index (χ3v) is 9.30. The zero-order chi connectivity index (χ0) is 35.0. The van der Waals surface area contributed by atoms with E-state index in [1.807, 2.05) is 32.0 Å². The molecule has 3 aromatic carbocycles. The summed E-state index contributed by atoms with van der Waals surface area (Å²) < 4.78 is 5.88. The average Bonchev–Trinajstić information content (AvgIpc) is 3.52. The second kappa shape index (κ2) is 13.7. The van der Waals surface area contributed by atoms with Crippen LogP contribution in [-0.4, -0.2) is 65.6 Å². The van der Waals surface area contributed by atoms with E-state index in [4.69, 9.17) is 27.9 Å². The smallest absolute Gasteiger partial charge is 0.337 e. The number of anilines is 3. The first-order valence-electron chi connectivity index (χ1n) is 15.1. The fraction of sp³-hybridized carbons (Fsp3) is 0.294. The van der Waals surface area contributed by atoms with Crippen LogP contribution in [0.5, 0.6) is 5.75 Å². The van der Waals surface area contributed by atoms with Crippen molar-refractivity contribution in [3.05, 3.63) is 81.3 Å². The molecule has 2 amide bonds. The van der Waals surface area contributed by atoms with Crippen LogP contribution in [0.1, 0.15) is 59.9 Å². The lowest BCUT2D eigenvalue weighted by Gasteiger charge is -2.31. The number of nitrogens with zero attached hydrogens (tertiary/aromatic N) is 5. The van der Waals surface area contributed by atoms with Crippen LogP contribution >= 0.6 is 23.2 Å². The molecule has 2 aliphatic rings. The molecule has 14 heteroatoms. The molecule has 0 saturated heterocycles. The SMILES string of the molecule is CCN(CC)c1ccc(C([C@@H]2C(=O)N(c3ccc(Cl)c(C(=O)O)c3)N=C2C)[C@H]2C(=O)N(c3ccc(Cl)c(C(=O)O)c3)N=C2C)c(OC)c1. The number of hydrogen-bond acceptors (Lipinski definition) is 8. The van der Waals surface area contributed by atoms with Gasteiger partial charge < -0.3 is 19.8 Å². The van der Waals surface area contributed by atoms with E-state index in [1.54, 1.807) is 13.8 Å². The molecule has 5 rings (SSSR count). The van der Waals surface area contributed by atoms with Gasteiger partial charge in [0.15, 0.2) is 0 Å². The van der Waals surface area contributed by atoms with E-state index >= 15 is 0 Å². The van der Waals surface area contributed by atoms with E-state index in [2.05, 4.69) is 15.1 Å². The Labute approximate surface area is 286 Å². The number of benzene rings is 3. The van der Waals surface area contributed by atoms with Crippen molar-refractivity contribution in [1.29, 1.82) is 0 Å². The second-order valence-electron chi connectivity index (χ2n) is 11.3. The molecule has 2 N–H and O–H groups in total. The monoisotopic (exact) mass is 693 g/mol. The molecule has 0 aromatic heterocycles. The molecule has 0 fully saturated rings. The molecule has 48 heavy (non-hydrogen) atoms. The highest BCUT2D eigenvalue weighted by molar-refractivity contribution is 6.34. The highest BCUT2D eigenvalue weighted by Crippen LogP contribution is 2.46. The van der Waals surface area contributed by atoms with Gasteiger partial charge in [-0.15, -0.1) is 0 Å². The zero-order valence-corrected chi connectivity index (χ0v) is 28.3. The van der Waals surface area contributed by atoms with Crippen molar-refractivity contribution in [1.82, 2.24) is 0 Å². The topological polar surface area (TPSA) is 152 Å². The van der Waals surface area contributed by atoms with Gasteiger partial charge in [-0.25, -0.2) is 19.6 Å². The Kier molecular flexibility index (Phi) is 9.79. The highest BCUT2D eigenvalue weighted by atomic mass is 35.5. The van der Waals surface area contributed by atoms with Crippen LogP contribution in [0.2, 0.25) is 10.0 Å². The molecule has 3 aromatic rings. The fourth-order valence-corrected chi connectivity index (χ4v) is 6.68. The first-order valence-corrected chi connectivity index (χ1v) is 15.8. The number of rotatable bonds is 11. The van der Waals surface area contributed by atoms with Crippen LogP contribution in [0.3, 0.4) is 0 Å². The highest BCUT2D eigenvalue weighted by Gasteiger charge is 2.51. The summed E-state index contributed by atoms with van der Waals surface area (Å²) in [5, 5.41) is 30.6. The van der Waals surface area contributed by atoms with Gasteiger partial charge in [-0.1, -0.05) is 29.3 Å². The Hall–Kier alpha value is -4.94. The molecule has 0 spiro atoms. The Balaban J connectivity index is 1.64. The van der Waals surface area contributed by atoms with E-state index < -0.39 is 41.5 Å². The predicted molar refractivity (Wildman–Crippen MR) is 184 cm³/mol. The maximum atomic E-state index is 14.4. The third-order valence-electron chi connectivity index (χ3n) is 8.64. The van der Waals surface area contributed by atoms with Crippen LogP contribution in [0.25, 0.3) is 0 Å². The normalized spacial score (nSPS) is 18.1. The van der Waals surface area contributed by atoms with Crippen molar-refractivity contribution in [3.63, 3.8) is 0 Å². The van der Waals surface area contributed by atoms with Crippen LogP contribution in [-0.2, 0) is 9.59 Å². The molecule has 2 aliphatic heterocycles. The van der Waals surface area contributed by atoms with Crippen LogP contribution in [0.4, 0.5) is 17.1 Å². The molecule has 1 unspecified atom stereocenters. The van der Waals surface area contributed by atoms with Crippen molar-refractivity contribution in [3.8, 4) is 5.75 Å². The number of carbonyl (C=O) groups is 4. The first kappa shape index (κ1) is 34.4. The lowest BCUT2D eigenvalue weighted by molar-refractivity contribution is -0.122. The summed E-state index contributed by atoms with van der Waals surface area (Å²) >= 11 is 12.2. The van der Waals surface area contributed by atoms with E-state index in [-0.39, 0.29) is 32.5 Å². The minimum atomic E-state index is -1.27. The number of methoxy groups -OCH3 is 1. The molecule has 0 aliphatic carbocycles. The second-order valence-corrected chi connectivity index (χ2v) is 12.1. The Bertz CT molecular complexity index is 1790. The van der Waals surface area contributed by atoms with Crippen LogP contribution < -0.4 is 19.7 Å². The average molecular weight is 695 g/mol. The number of amides is 2. The molecule has 250 valence electrons. The summed E-state index contributed by atoms with van der Waals surface area (Å²) in [5.74, 6) is -5.96. The number of carboxylic acid groups (broad SMARTS) is 2. The van der Waals surface area contributed by atoms with Crippen molar-refractivity contribution in [2.75, 3.05) is 35.1 Å². The van der Waals surface area contributed by atoms with Gasteiger partial charge in [-0.05, 0) is 75.7 Å². The van der Waals surface area contributed by atoms with Crippen LogP contribution in [0, 0.1) is 11.8 Å². The molecular weight excluding hydrogens is 661 g/mol. The number of hydrazone groups is 2. The maximum absolute atomic E-state index is 14.4. The zero-order valence-electron chi connectivity index (χ0n) is 26.8. The minimum absolute atomic E-state index is 0.00258. The number of carboxylic acids is 2. The van der Waals surface area contributed by atoms with Crippen molar-refractivity contribution in [2.45, 2.75) is 33.6 Å². The maximum Gasteiger partial charge on any atom is 0.337 e. The van der Waals surface area contributed by atoms with Crippen LogP contribution in [0.15, 0.2) is 64.8 Å². The Morgan fingerprint density at radius 1 is 0.812 bits per heavy atom. The summed E-state index contributed by atoms with van der Waals surface area (Å²) in [7, 11) is 1.51. The third kappa shape index (κ3) is 6.09. The number of carbonyl (C=O) groups excluding carboxylic acids is 2. The van der Waals surface area contributed by atoms with E-state index in [1.165, 1.54) is 43.5 Å². The molecule has 0 saturated carbocycles. The first-order chi connectivity index (χ1) is 22.8. The lowest BCUT2D eigenvalue weighted by Crippen LogP contribution is -2.40. The molecule has 12 nitrogen and oxygen atoms in total. The number of ether oxygens (including phenoxy) is 1. The summed E-state index contributed by atoms with van der Waals surface area (Å²) in [4.78, 5) is 54.5. The Morgan fingerprint density at radius 3 is 1.67 bits per heavy atom. The molecule has 0 radical (unpaired) electrons. The number of hydrogen-bond donors (Lipinski definition) is 2. The Morgan fingerprint density at radius 2 is 1.27 bits per heavy atom. The summed E-state index contributed by atoms with van der Waals surface area (Å²) in [6, 6.07) is 13.9. The van der Waals surface area contributed by atoms with Gasteiger partial charge >= 0.3 is 11.9 Å². The lowest BCUT2D eigenvalue weighted by atomic mass is 9.72. The number of halogens is 2. The number of aromatic carboxylic acids is 2. The van der Waals surface area contributed by atoms with Gasteiger partial charge in [0.2, 0.25) is 0 Å². The molecular formula is C34H33Cl2N5O7. The largest absolute Gasteiger partial charge is 0.496 e. The van der Waals surface area contributed by atoms with Crippen molar-refractivity contribution in [2.24, 2.45) is 22.0 Å². The quantitative estimate of drug-likeness (QED) is 0.234. The fourth-order valence-electron chi connectivity index (χ4n) is 6.29. The van der Waals surface area contributed by atoms with Gasteiger partial charge in [-0.3, -0.25) is 9.59 Å². The summed E-state index contributed by atoms with van der Waals surface area (Å²) in [6.45, 7) is 8.88. The van der Waals surface area contributed by atoms with Crippen molar-refractivity contribution < 1.29 is 34.1 Å². The molecule has 2 heterocycles. The summed E-state index contributed by atoms with van der Waals surface area (Å²) in [5.41, 5.74) is 2.20. The summed E-state index contributed by atoms with van der Waals surface area (Å²) in [6.07, 6.45) is 0. The van der Waals surface area contributed by atoms with Gasteiger partial charge in [0.1, 0.15) is 5.75 Å². The predicted octanol–water partition coefficient (Wildman–Crippen LogP) is 6.41. The van der Waals surface area contributed by atoms with Crippen molar-refractivity contribution >= 4 is 75.4 Å². The van der Waals surface area contributed by atoms with Gasteiger partial charge in [0.05, 0.1) is 51.5 Å². The van der Waals surface area contributed by atoms with E-state index in [9.17, 15) is 29.4 Å². The standard InChI is InChI=1S/C34H33Cl2N5O7/c1-6-39(7-2)19-8-11-22(27(16-19)48-5)30(28-17(3)37-40(31(28)42)20-9-12-25(35)23(14-20)33(44)45)29-18(4)38-41(32(29)43)21-10-13-26(36)24(15-21)34(46)47/h8-16,28-30H,6-7H2,1-5H3,(H,44,45)(H,46,47)/t28-,29+,30?.